The molecule has 4 N–H and O–H groups in total. The van der Waals surface area contributed by atoms with Crippen LogP contribution < -0.4 is 16.0 Å². The van der Waals surface area contributed by atoms with Crippen LogP contribution in [0.5, 0.6) is 0 Å². The fraction of sp³-hybridized carbons (Fsp3) is 0.409. The summed E-state index contributed by atoms with van der Waals surface area (Å²) in [4.78, 5) is 28.5. The minimum atomic E-state index is -0.136. The highest BCUT2D eigenvalue weighted by molar-refractivity contribution is 6.00. The van der Waals surface area contributed by atoms with Crippen molar-refractivity contribution in [3.05, 3.63) is 30.7 Å². The van der Waals surface area contributed by atoms with Gasteiger partial charge in [-0.1, -0.05) is 0 Å². The lowest BCUT2D eigenvalue weighted by molar-refractivity contribution is -0.121. The third-order valence-electron chi connectivity index (χ3n) is 6.20. The van der Waals surface area contributed by atoms with Crippen molar-refractivity contribution < 1.29 is 4.79 Å². The number of H-pyrrole nitrogens is 1. The second-order valence-electron chi connectivity index (χ2n) is 8.68. The van der Waals surface area contributed by atoms with Gasteiger partial charge in [0.1, 0.15) is 11.5 Å². The Balaban J connectivity index is 1.40. The van der Waals surface area contributed by atoms with E-state index in [1.54, 1.807) is 17.6 Å². The molecule has 0 atom stereocenters. The number of rotatable bonds is 5. The summed E-state index contributed by atoms with van der Waals surface area (Å²) in [5, 5.41) is 15.3. The smallest absolute Gasteiger partial charge is 0.226 e. The Labute approximate surface area is 185 Å². The quantitative estimate of drug-likeness (QED) is 0.381. The summed E-state index contributed by atoms with van der Waals surface area (Å²) < 4.78 is 1.75. The summed E-state index contributed by atoms with van der Waals surface area (Å²) >= 11 is 0. The highest BCUT2D eigenvalue weighted by Gasteiger charge is 2.32. The molecule has 1 aliphatic rings. The van der Waals surface area contributed by atoms with Gasteiger partial charge in [-0.2, -0.15) is 15.1 Å². The van der Waals surface area contributed by atoms with E-state index < -0.39 is 0 Å². The molecule has 4 aromatic rings. The number of anilines is 2. The fourth-order valence-electron chi connectivity index (χ4n) is 4.57. The van der Waals surface area contributed by atoms with Crippen LogP contribution in [-0.2, 0) is 4.79 Å². The number of imidazole rings is 1. The lowest BCUT2D eigenvalue weighted by Crippen LogP contribution is -2.49. The number of nitrogens with zero attached hydrogens (tertiary/aromatic N) is 5. The van der Waals surface area contributed by atoms with Crippen molar-refractivity contribution in [2.24, 2.45) is 0 Å². The van der Waals surface area contributed by atoms with Gasteiger partial charge >= 0.3 is 0 Å². The number of carbonyl (C=O) groups excluding carboxylic acids is 1. The van der Waals surface area contributed by atoms with E-state index in [1.807, 2.05) is 31.6 Å². The first kappa shape index (κ1) is 20.2. The molecule has 0 aliphatic heterocycles. The molecule has 0 bridgehead atoms. The molecule has 0 unspecified atom stereocenters. The number of hydrogen-bond donors (Lipinski definition) is 4. The molecule has 4 aromatic heterocycles. The molecule has 1 fully saturated rings. The Morgan fingerprint density at radius 1 is 1.25 bits per heavy atom. The summed E-state index contributed by atoms with van der Waals surface area (Å²) in [7, 11) is 1.86. The van der Waals surface area contributed by atoms with Gasteiger partial charge in [0.15, 0.2) is 5.65 Å². The number of aromatic nitrogens is 6. The maximum Gasteiger partial charge on any atom is 0.226 e. The third-order valence-corrected chi connectivity index (χ3v) is 6.20. The van der Waals surface area contributed by atoms with Crippen molar-refractivity contribution in [1.82, 2.24) is 34.9 Å². The van der Waals surface area contributed by atoms with Crippen LogP contribution in [0.4, 0.5) is 11.8 Å². The predicted molar refractivity (Wildman–Crippen MR) is 124 cm³/mol. The van der Waals surface area contributed by atoms with Crippen molar-refractivity contribution in [2.45, 2.75) is 51.1 Å². The molecule has 0 aromatic carbocycles. The molecule has 0 spiro atoms. The average Bonchev–Trinajstić information content (AvgIpc) is 3.40. The second kappa shape index (κ2) is 7.77. The topological polar surface area (TPSA) is 125 Å². The first-order valence-corrected chi connectivity index (χ1v) is 10.9. The molecule has 10 heteroatoms. The Morgan fingerprint density at radius 2 is 2.06 bits per heavy atom. The van der Waals surface area contributed by atoms with Crippen LogP contribution in [0.15, 0.2) is 30.7 Å². The normalized spacial score (nSPS) is 21.0. The maximum atomic E-state index is 11.5. The number of amides is 1. The van der Waals surface area contributed by atoms with Gasteiger partial charge in [-0.15, -0.1) is 0 Å². The third kappa shape index (κ3) is 3.72. The SMILES string of the molecule is CNc1nc(NC2CCC(C)(NC(C)=O)CC2)nc2[nH]cc(-c3ccc4nccn4n3)c12. The van der Waals surface area contributed by atoms with E-state index in [9.17, 15) is 4.79 Å². The molecule has 5 rings (SSSR count). The van der Waals surface area contributed by atoms with Gasteiger partial charge in [0, 0.05) is 49.7 Å². The average molecular weight is 434 g/mol. The highest BCUT2D eigenvalue weighted by Crippen LogP contribution is 2.33. The van der Waals surface area contributed by atoms with Crippen LogP contribution in [0.1, 0.15) is 39.5 Å². The molecule has 1 saturated carbocycles. The maximum absolute atomic E-state index is 11.5. The number of nitrogens with one attached hydrogen (secondary N) is 4. The molecule has 1 amide bonds. The van der Waals surface area contributed by atoms with Crippen molar-refractivity contribution in [1.29, 1.82) is 0 Å². The van der Waals surface area contributed by atoms with Crippen molar-refractivity contribution in [2.75, 3.05) is 17.7 Å². The van der Waals surface area contributed by atoms with E-state index in [4.69, 9.17) is 9.97 Å². The Bertz CT molecular complexity index is 1280. The zero-order valence-electron chi connectivity index (χ0n) is 18.4. The first-order valence-electron chi connectivity index (χ1n) is 10.9. The minimum absolute atomic E-state index is 0.0237. The summed E-state index contributed by atoms with van der Waals surface area (Å²) in [6.07, 6.45) is 9.18. The zero-order chi connectivity index (χ0) is 22.3. The largest absolute Gasteiger partial charge is 0.372 e. The molecule has 10 nitrogen and oxygen atoms in total. The van der Waals surface area contributed by atoms with Crippen LogP contribution in [0.25, 0.3) is 27.9 Å². The van der Waals surface area contributed by atoms with Crippen molar-refractivity contribution in [3.63, 3.8) is 0 Å². The molecule has 166 valence electrons. The molecular formula is C22H27N9O. The van der Waals surface area contributed by atoms with Gasteiger partial charge in [-0.25, -0.2) is 9.50 Å². The Morgan fingerprint density at radius 3 is 2.81 bits per heavy atom. The van der Waals surface area contributed by atoms with Crippen molar-refractivity contribution in [3.8, 4) is 11.3 Å². The van der Waals surface area contributed by atoms with E-state index in [0.29, 0.717) is 5.95 Å². The van der Waals surface area contributed by atoms with Gasteiger partial charge in [-0.3, -0.25) is 4.79 Å². The summed E-state index contributed by atoms with van der Waals surface area (Å²) in [6.45, 7) is 3.69. The molecule has 32 heavy (non-hydrogen) atoms. The summed E-state index contributed by atoms with van der Waals surface area (Å²) in [5.41, 5.74) is 3.14. The van der Waals surface area contributed by atoms with Gasteiger partial charge < -0.3 is 20.9 Å². The lowest BCUT2D eigenvalue weighted by Gasteiger charge is -2.38. The fourth-order valence-corrected chi connectivity index (χ4v) is 4.57. The van der Waals surface area contributed by atoms with Crippen LogP contribution in [0, 0.1) is 0 Å². The van der Waals surface area contributed by atoms with Gasteiger partial charge in [0.05, 0.1) is 11.1 Å². The van der Waals surface area contributed by atoms with Gasteiger partial charge in [0.25, 0.3) is 0 Å². The van der Waals surface area contributed by atoms with Crippen LogP contribution in [-0.4, -0.2) is 54.1 Å². The molecule has 0 radical (unpaired) electrons. The zero-order valence-corrected chi connectivity index (χ0v) is 18.4. The molecule has 4 heterocycles. The van der Waals surface area contributed by atoms with Gasteiger partial charge in [-0.05, 0) is 44.7 Å². The standard InChI is InChI=1S/C22H27N9O/c1-13(32)29-22(2)8-6-14(7-9-22)26-21-27-19(23-3)18-15(12-25-20(18)28-21)16-4-5-17-24-10-11-31(17)30-16/h4-5,10-12,14H,6-9H2,1-3H3,(H,29,32)(H3,23,25,26,27,28). The van der Waals surface area contributed by atoms with E-state index in [-0.39, 0.29) is 17.5 Å². The molecule has 0 saturated heterocycles. The van der Waals surface area contributed by atoms with Crippen molar-refractivity contribution >= 4 is 34.4 Å². The van der Waals surface area contributed by atoms with E-state index in [0.717, 1.165) is 59.4 Å². The van der Waals surface area contributed by atoms with Crippen LogP contribution in [0.2, 0.25) is 0 Å². The monoisotopic (exact) mass is 433 g/mol. The first-order chi connectivity index (χ1) is 15.4. The lowest BCUT2D eigenvalue weighted by atomic mass is 9.81. The van der Waals surface area contributed by atoms with E-state index in [2.05, 4.69) is 37.9 Å². The van der Waals surface area contributed by atoms with Crippen LogP contribution in [0.3, 0.4) is 0 Å². The summed E-state index contributed by atoms with van der Waals surface area (Å²) in [6, 6.07) is 4.15. The predicted octanol–water partition coefficient (Wildman–Crippen LogP) is 2.96. The highest BCUT2D eigenvalue weighted by atomic mass is 16.1. The Hall–Kier alpha value is -3.69. The number of fused-ring (bicyclic) bond motifs is 2. The number of aromatic amines is 1. The van der Waals surface area contributed by atoms with Gasteiger partial charge in [0.2, 0.25) is 11.9 Å². The van der Waals surface area contributed by atoms with E-state index >= 15 is 0 Å². The number of hydrogen-bond acceptors (Lipinski definition) is 7. The molecular weight excluding hydrogens is 406 g/mol. The Kier molecular flexibility index (Phi) is 4.91. The second-order valence-corrected chi connectivity index (χ2v) is 8.68. The van der Waals surface area contributed by atoms with Crippen LogP contribution >= 0.6 is 0 Å². The summed E-state index contributed by atoms with van der Waals surface area (Å²) in [5.74, 6) is 1.34. The van der Waals surface area contributed by atoms with E-state index in [1.165, 1.54) is 0 Å². The minimum Gasteiger partial charge on any atom is -0.372 e. The molecule has 1 aliphatic carbocycles. The number of carbonyl (C=O) groups is 1.